The molecule has 0 bridgehead atoms. The van der Waals surface area contributed by atoms with Crippen LogP contribution in [0.4, 0.5) is 4.79 Å². The summed E-state index contributed by atoms with van der Waals surface area (Å²) >= 11 is 0. The van der Waals surface area contributed by atoms with E-state index in [4.69, 9.17) is 9.84 Å². The number of aliphatic carboxylic acids is 1. The number of hydrogen-bond acceptors (Lipinski definition) is 3. The number of carbonyl (C=O) groups excluding carboxylic acids is 1. The van der Waals surface area contributed by atoms with Crippen molar-refractivity contribution < 1.29 is 19.4 Å². The Bertz CT molecular complexity index is 316. The highest BCUT2D eigenvalue weighted by atomic mass is 16.5. The summed E-state index contributed by atoms with van der Waals surface area (Å²) in [4.78, 5) is 24.3. The standard InChI is InChI=1S/C14H26N2O4/c1-3-16(11(2)10-13(17)18)14(19)15-8-7-12-6-4-5-9-20-12/h11-12H,3-10H2,1-2H3,(H,15,19)(H,17,18). The molecular weight excluding hydrogens is 260 g/mol. The molecule has 1 aliphatic heterocycles. The topological polar surface area (TPSA) is 78.9 Å². The smallest absolute Gasteiger partial charge is 0.317 e. The number of nitrogens with zero attached hydrogens (tertiary/aromatic N) is 1. The van der Waals surface area contributed by atoms with Gasteiger partial charge in [-0.1, -0.05) is 0 Å². The number of ether oxygens (including phenoxy) is 1. The Labute approximate surface area is 120 Å². The molecular formula is C14H26N2O4. The lowest BCUT2D eigenvalue weighted by Crippen LogP contribution is -2.46. The summed E-state index contributed by atoms with van der Waals surface area (Å²) in [5.74, 6) is -0.889. The molecule has 2 amide bonds. The van der Waals surface area contributed by atoms with Crippen LogP contribution in [-0.2, 0) is 9.53 Å². The highest BCUT2D eigenvalue weighted by Crippen LogP contribution is 2.15. The minimum absolute atomic E-state index is 0.0347. The third kappa shape index (κ3) is 5.77. The predicted molar refractivity (Wildman–Crippen MR) is 75.7 cm³/mol. The second kappa shape index (κ2) is 8.79. The minimum Gasteiger partial charge on any atom is -0.481 e. The molecule has 0 saturated carbocycles. The van der Waals surface area contributed by atoms with Gasteiger partial charge in [-0.2, -0.15) is 0 Å². The van der Waals surface area contributed by atoms with Gasteiger partial charge in [-0.15, -0.1) is 0 Å². The van der Waals surface area contributed by atoms with Gasteiger partial charge in [0.1, 0.15) is 0 Å². The predicted octanol–water partition coefficient (Wildman–Crippen LogP) is 1.84. The second-order valence-corrected chi connectivity index (χ2v) is 5.24. The number of urea groups is 1. The van der Waals surface area contributed by atoms with Crippen molar-refractivity contribution in [2.45, 2.75) is 58.1 Å². The highest BCUT2D eigenvalue weighted by molar-refractivity contribution is 5.75. The molecule has 6 nitrogen and oxygen atoms in total. The Morgan fingerprint density at radius 3 is 2.75 bits per heavy atom. The first-order chi connectivity index (χ1) is 9.54. The number of amides is 2. The van der Waals surface area contributed by atoms with Crippen LogP contribution in [0.2, 0.25) is 0 Å². The monoisotopic (exact) mass is 286 g/mol. The third-order valence-electron chi connectivity index (χ3n) is 3.62. The van der Waals surface area contributed by atoms with E-state index in [9.17, 15) is 9.59 Å². The molecule has 20 heavy (non-hydrogen) atoms. The van der Waals surface area contributed by atoms with Crippen molar-refractivity contribution in [3.05, 3.63) is 0 Å². The van der Waals surface area contributed by atoms with Crippen molar-refractivity contribution in [1.29, 1.82) is 0 Å². The highest BCUT2D eigenvalue weighted by Gasteiger charge is 2.21. The van der Waals surface area contributed by atoms with Gasteiger partial charge in [0.25, 0.3) is 0 Å². The van der Waals surface area contributed by atoms with Crippen molar-refractivity contribution in [3.63, 3.8) is 0 Å². The summed E-state index contributed by atoms with van der Waals surface area (Å²) in [5.41, 5.74) is 0. The van der Waals surface area contributed by atoms with Crippen LogP contribution in [0.25, 0.3) is 0 Å². The lowest BCUT2D eigenvalue weighted by atomic mass is 10.1. The van der Waals surface area contributed by atoms with E-state index >= 15 is 0 Å². The molecule has 0 aromatic carbocycles. The number of hydrogen-bond donors (Lipinski definition) is 2. The van der Waals surface area contributed by atoms with Gasteiger partial charge in [0.2, 0.25) is 0 Å². The van der Waals surface area contributed by atoms with Gasteiger partial charge in [0.05, 0.1) is 12.5 Å². The molecule has 0 aromatic heterocycles. The Kier molecular flexibility index (Phi) is 7.36. The number of rotatable bonds is 7. The normalized spacial score (nSPS) is 20.2. The molecule has 116 valence electrons. The van der Waals surface area contributed by atoms with Crippen molar-refractivity contribution >= 4 is 12.0 Å². The molecule has 0 radical (unpaired) electrons. The number of carboxylic acid groups (broad SMARTS) is 1. The van der Waals surface area contributed by atoms with Crippen LogP contribution in [0.5, 0.6) is 0 Å². The van der Waals surface area contributed by atoms with E-state index in [0.29, 0.717) is 13.1 Å². The maximum atomic E-state index is 12.0. The van der Waals surface area contributed by atoms with Crippen LogP contribution in [0, 0.1) is 0 Å². The van der Waals surface area contributed by atoms with Crippen LogP contribution in [-0.4, -0.2) is 53.8 Å². The Morgan fingerprint density at radius 1 is 1.45 bits per heavy atom. The van der Waals surface area contributed by atoms with E-state index in [1.54, 1.807) is 11.8 Å². The zero-order valence-electron chi connectivity index (χ0n) is 12.4. The zero-order chi connectivity index (χ0) is 15.0. The first kappa shape index (κ1) is 16.8. The van der Waals surface area contributed by atoms with Crippen LogP contribution in [0.1, 0.15) is 46.0 Å². The SMILES string of the molecule is CCN(C(=O)NCCC1CCCCO1)C(C)CC(=O)O. The van der Waals surface area contributed by atoms with Crippen LogP contribution in [0.15, 0.2) is 0 Å². The largest absolute Gasteiger partial charge is 0.481 e. The molecule has 0 spiro atoms. The summed E-state index contributed by atoms with van der Waals surface area (Å²) in [6.45, 7) is 5.49. The molecule has 2 N–H and O–H groups in total. The van der Waals surface area contributed by atoms with Gasteiger partial charge >= 0.3 is 12.0 Å². The fourth-order valence-electron chi connectivity index (χ4n) is 2.50. The summed E-state index contributed by atoms with van der Waals surface area (Å²) in [5, 5.41) is 11.6. The number of carbonyl (C=O) groups is 2. The van der Waals surface area contributed by atoms with Gasteiger partial charge in [-0.05, 0) is 39.5 Å². The van der Waals surface area contributed by atoms with E-state index in [-0.39, 0.29) is 24.6 Å². The number of carboxylic acids is 1. The molecule has 1 saturated heterocycles. The van der Waals surface area contributed by atoms with Crippen LogP contribution < -0.4 is 5.32 Å². The van der Waals surface area contributed by atoms with Crippen molar-refractivity contribution in [2.75, 3.05) is 19.7 Å². The minimum atomic E-state index is -0.889. The molecule has 0 aliphatic carbocycles. The van der Waals surface area contributed by atoms with Gasteiger partial charge in [-0.25, -0.2) is 4.79 Å². The first-order valence-corrected chi connectivity index (χ1v) is 7.42. The average molecular weight is 286 g/mol. The molecule has 1 rings (SSSR count). The molecule has 1 fully saturated rings. The lowest BCUT2D eigenvalue weighted by molar-refractivity contribution is -0.138. The van der Waals surface area contributed by atoms with Gasteiger partial charge < -0.3 is 20.1 Å². The van der Waals surface area contributed by atoms with Crippen molar-refractivity contribution in [3.8, 4) is 0 Å². The van der Waals surface area contributed by atoms with E-state index < -0.39 is 5.97 Å². The van der Waals surface area contributed by atoms with Crippen molar-refractivity contribution in [1.82, 2.24) is 10.2 Å². The Morgan fingerprint density at radius 2 is 2.20 bits per heavy atom. The fraction of sp³-hybridized carbons (Fsp3) is 0.857. The average Bonchev–Trinajstić information content (AvgIpc) is 2.40. The van der Waals surface area contributed by atoms with Gasteiger partial charge in [0, 0.05) is 25.7 Å². The van der Waals surface area contributed by atoms with Gasteiger partial charge in [0.15, 0.2) is 0 Å². The lowest BCUT2D eigenvalue weighted by Gasteiger charge is -2.28. The summed E-state index contributed by atoms with van der Waals surface area (Å²) in [6.07, 6.45) is 4.40. The number of nitrogens with one attached hydrogen (secondary N) is 1. The summed E-state index contributed by atoms with van der Waals surface area (Å²) in [6, 6.07) is -0.500. The van der Waals surface area contributed by atoms with E-state index in [2.05, 4.69) is 5.32 Å². The summed E-state index contributed by atoms with van der Waals surface area (Å²) in [7, 11) is 0. The molecule has 2 atom stereocenters. The molecule has 1 heterocycles. The zero-order valence-corrected chi connectivity index (χ0v) is 12.4. The Balaban J connectivity index is 2.29. The van der Waals surface area contributed by atoms with Crippen LogP contribution >= 0.6 is 0 Å². The van der Waals surface area contributed by atoms with Crippen LogP contribution in [0.3, 0.4) is 0 Å². The van der Waals surface area contributed by atoms with Crippen molar-refractivity contribution in [2.24, 2.45) is 0 Å². The first-order valence-electron chi connectivity index (χ1n) is 7.42. The Hall–Kier alpha value is -1.30. The van der Waals surface area contributed by atoms with E-state index in [1.807, 2.05) is 6.92 Å². The molecule has 0 aromatic rings. The van der Waals surface area contributed by atoms with E-state index in [1.165, 1.54) is 6.42 Å². The third-order valence-corrected chi connectivity index (χ3v) is 3.62. The summed E-state index contributed by atoms with van der Waals surface area (Å²) < 4.78 is 5.60. The maximum Gasteiger partial charge on any atom is 0.317 e. The van der Waals surface area contributed by atoms with E-state index in [0.717, 1.165) is 25.9 Å². The molecule has 6 heteroatoms. The molecule has 1 aliphatic rings. The maximum absolute atomic E-state index is 12.0. The van der Waals surface area contributed by atoms with Gasteiger partial charge in [-0.3, -0.25) is 4.79 Å². The quantitative estimate of drug-likeness (QED) is 0.748. The second-order valence-electron chi connectivity index (χ2n) is 5.24. The fourth-order valence-corrected chi connectivity index (χ4v) is 2.50. The molecule has 2 unspecified atom stereocenters.